The van der Waals surface area contributed by atoms with E-state index in [0.29, 0.717) is 11.5 Å². The highest BCUT2D eigenvalue weighted by atomic mass is 16.5. The van der Waals surface area contributed by atoms with E-state index in [1.807, 2.05) is 0 Å². The van der Waals surface area contributed by atoms with Crippen LogP contribution in [0.1, 0.15) is 46.0 Å². The largest absolute Gasteiger partial charge is 0.378 e. The standard InChI is InChI=1S/C11H23NO/c1-11(2)6-4-10(5-7-11)13-9-3-8-12/h10H,3-9,12H2,1-2H3. The van der Waals surface area contributed by atoms with Crippen LogP contribution in [0.3, 0.4) is 0 Å². The van der Waals surface area contributed by atoms with Gasteiger partial charge in [-0.1, -0.05) is 13.8 Å². The summed E-state index contributed by atoms with van der Waals surface area (Å²) in [4.78, 5) is 0. The molecule has 0 heterocycles. The smallest absolute Gasteiger partial charge is 0.0575 e. The van der Waals surface area contributed by atoms with Gasteiger partial charge in [-0.25, -0.2) is 0 Å². The fourth-order valence-corrected chi connectivity index (χ4v) is 1.87. The number of rotatable bonds is 4. The predicted octanol–water partition coefficient (Wildman–Crippen LogP) is 2.32. The van der Waals surface area contributed by atoms with Gasteiger partial charge in [0.15, 0.2) is 0 Å². The van der Waals surface area contributed by atoms with E-state index in [0.717, 1.165) is 19.6 Å². The van der Waals surface area contributed by atoms with Crippen molar-refractivity contribution in [3.8, 4) is 0 Å². The maximum Gasteiger partial charge on any atom is 0.0575 e. The maximum absolute atomic E-state index is 5.74. The second kappa shape index (κ2) is 4.97. The Balaban J connectivity index is 2.11. The monoisotopic (exact) mass is 185 g/mol. The lowest BCUT2D eigenvalue weighted by molar-refractivity contribution is 0.00411. The molecule has 1 fully saturated rings. The summed E-state index contributed by atoms with van der Waals surface area (Å²) in [5.74, 6) is 0. The molecule has 0 saturated heterocycles. The fraction of sp³-hybridized carbons (Fsp3) is 1.00. The molecule has 0 amide bonds. The van der Waals surface area contributed by atoms with Gasteiger partial charge in [0.1, 0.15) is 0 Å². The van der Waals surface area contributed by atoms with Crippen molar-refractivity contribution in [2.75, 3.05) is 13.2 Å². The van der Waals surface area contributed by atoms with Crippen molar-refractivity contribution in [1.82, 2.24) is 0 Å². The lowest BCUT2D eigenvalue weighted by atomic mass is 9.76. The normalized spacial score (nSPS) is 23.3. The Morgan fingerprint density at radius 1 is 1.31 bits per heavy atom. The van der Waals surface area contributed by atoms with Crippen molar-refractivity contribution >= 4 is 0 Å². The SMILES string of the molecule is CC1(C)CCC(OCCCN)CC1. The molecule has 2 heteroatoms. The van der Waals surface area contributed by atoms with E-state index < -0.39 is 0 Å². The van der Waals surface area contributed by atoms with Gasteiger partial charge in [-0.3, -0.25) is 0 Å². The van der Waals surface area contributed by atoms with Gasteiger partial charge in [-0.15, -0.1) is 0 Å². The zero-order valence-corrected chi connectivity index (χ0v) is 9.01. The zero-order chi connectivity index (χ0) is 9.73. The Morgan fingerprint density at radius 3 is 2.46 bits per heavy atom. The summed E-state index contributed by atoms with van der Waals surface area (Å²) in [6.45, 7) is 6.30. The van der Waals surface area contributed by atoms with Crippen LogP contribution < -0.4 is 5.73 Å². The number of ether oxygens (including phenoxy) is 1. The third kappa shape index (κ3) is 4.10. The first kappa shape index (κ1) is 11.0. The van der Waals surface area contributed by atoms with Crippen LogP contribution in [-0.2, 0) is 4.74 Å². The molecule has 1 saturated carbocycles. The number of nitrogens with two attached hydrogens (primary N) is 1. The van der Waals surface area contributed by atoms with Crippen LogP contribution in [0.5, 0.6) is 0 Å². The molecular formula is C11H23NO. The first-order chi connectivity index (χ1) is 6.14. The molecule has 1 aliphatic rings. The van der Waals surface area contributed by atoms with Gasteiger partial charge in [0.25, 0.3) is 0 Å². The first-order valence-corrected chi connectivity index (χ1v) is 5.46. The Morgan fingerprint density at radius 2 is 1.92 bits per heavy atom. The van der Waals surface area contributed by atoms with Crippen molar-refractivity contribution in [3.63, 3.8) is 0 Å². The van der Waals surface area contributed by atoms with E-state index in [-0.39, 0.29) is 0 Å². The minimum absolute atomic E-state index is 0.513. The Hall–Kier alpha value is -0.0800. The molecule has 0 aromatic carbocycles. The Kier molecular flexibility index (Phi) is 4.20. The molecule has 1 aliphatic carbocycles. The molecule has 2 nitrogen and oxygen atoms in total. The van der Waals surface area contributed by atoms with Crippen LogP contribution in [0.2, 0.25) is 0 Å². The van der Waals surface area contributed by atoms with Gasteiger partial charge < -0.3 is 10.5 Å². The molecule has 0 aliphatic heterocycles. The molecular weight excluding hydrogens is 162 g/mol. The van der Waals surface area contributed by atoms with E-state index >= 15 is 0 Å². The van der Waals surface area contributed by atoms with Gasteiger partial charge in [0.05, 0.1) is 6.10 Å². The summed E-state index contributed by atoms with van der Waals surface area (Å²) in [7, 11) is 0. The Bertz CT molecular complexity index is 135. The van der Waals surface area contributed by atoms with Gasteiger partial charge in [-0.05, 0) is 44.1 Å². The van der Waals surface area contributed by atoms with Gasteiger partial charge in [0.2, 0.25) is 0 Å². The van der Waals surface area contributed by atoms with Crippen molar-refractivity contribution < 1.29 is 4.74 Å². The van der Waals surface area contributed by atoms with Crippen LogP contribution in [0.4, 0.5) is 0 Å². The molecule has 0 aromatic rings. The molecule has 0 aromatic heterocycles. The minimum atomic E-state index is 0.513. The molecule has 0 spiro atoms. The van der Waals surface area contributed by atoms with Gasteiger partial charge in [-0.2, -0.15) is 0 Å². The van der Waals surface area contributed by atoms with Crippen LogP contribution in [-0.4, -0.2) is 19.3 Å². The van der Waals surface area contributed by atoms with E-state index in [4.69, 9.17) is 10.5 Å². The van der Waals surface area contributed by atoms with Crippen LogP contribution in [0.15, 0.2) is 0 Å². The van der Waals surface area contributed by atoms with Crippen LogP contribution in [0, 0.1) is 5.41 Å². The highest BCUT2D eigenvalue weighted by Crippen LogP contribution is 2.36. The molecule has 0 bridgehead atoms. The number of hydrogen-bond acceptors (Lipinski definition) is 2. The van der Waals surface area contributed by atoms with Crippen molar-refractivity contribution in [1.29, 1.82) is 0 Å². The maximum atomic E-state index is 5.74. The highest BCUT2D eigenvalue weighted by molar-refractivity contribution is 4.78. The molecule has 0 radical (unpaired) electrons. The third-order valence-corrected chi connectivity index (χ3v) is 2.99. The van der Waals surface area contributed by atoms with Crippen molar-refractivity contribution in [2.45, 2.75) is 52.1 Å². The van der Waals surface area contributed by atoms with Gasteiger partial charge in [0, 0.05) is 6.61 Å². The quantitative estimate of drug-likeness (QED) is 0.682. The van der Waals surface area contributed by atoms with Gasteiger partial charge >= 0.3 is 0 Å². The molecule has 2 N–H and O–H groups in total. The summed E-state index contributed by atoms with van der Waals surface area (Å²) in [6.07, 6.45) is 6.59. The van der Waals surface area contributed by atoms with Crippen LogP contribution >= 0.6 is 0 Å². The summed E-state index contributed by atoms with van der Waals surface area (Å²) < 4.78 is 5.74. The molecule has 78 valence electrons. The molecule has 0 atom stereocenters. The van der Waals surface area contributed by atoms with E-state index in [2.05, 4.69) is 13.8 Å². The third-order valence-electron chi connectivity index (χ3n) is 2.99. The summed E-state index contributed by atoms with van der Waals surface area (Å²) in [5.41, 5.74) is 5.96. The number of hydrogen-bond donors (Lipinski definition) is 1. The molecule has 13 heavy (non-hydrogen) atoms. The van der Waals surface area contributed by atoms with Crippen LogP contribution in [0.25, 0.3) is 0 Å². The fourth-order valence-electron chi connectivity index (χ4n) is 1.87. The Labute approximate surface area is 81.8 Å². The highest BCUT2D eigenvalue weighted by Gasteiger charge is 2.26. The summed E-state index contributed by atoms with van der Waals surface area (Å²) in [5, 5.41) is 0. The van der Waals surface area contributed by atoms with Crippen molar-refractivity contribution in [2.24, 2.45) is 11.1 Å². The zero-order valence-electron chi connectivity index (χ0n) is 9.01. The topological polar surface area (TPSA) is 35.2 Å². The first-order valence-electron chi connectivity index (χ1n) is 5.46. The average Bonchev–Trinajstić information content (AvgIpc) is 2.08. The molecule has 1 rings (SSSR count). The predicted molar refractivity (Wildman–Crippen MR) is 55.7 cm³/mol. The summed E-state index contributed by atoms with van der Waals surface area (Å²) >= 11 is 0. The lowest BCUT2D eigenvalue weighted by Gasteiger charge is -2.34. The minimum Gasteiger partial charge on any atom is -0.378 e. The van der Waals surface area contributed by atoms with E-state index in [1.165, 1.54) is 25.7 Å². The average molecular weight is 185 g/mol. The summed E-state index contributed by atoms with van der Waals surface area (Å²) in [6, 6.07) is 0. The second-order valence-corrected chi connectivity index (χ2v) is 4.88. The lowest BCUT2D eigenvalue weighted by Crippen LogP contribution is -2.27. The van der Waals surface area contributed by atoms with E-state index in [1.54, 1.807) is 0 Å². The van der Waals surface area contributed by atoms with E-state index in [9.17, 15) is 0 Å². The second-order valence-electron chi connectivity index (χ2n) is 4.88. The van der Waals surface area contributed by atoms with Crippen molar-refractivity contribution in [3.05, 3.63) is 0 Å². The molecule has 0 unspecified atom stereocenters.